The third-order valence-corrected chi connectivity index (χ3v) is 6.58. The van der Waals surface area contributed by atoms with Crippen LogP contribution in [0.3, 0.4) is 0 Å². The number of hydrogen-bond donors (Lipinski definition) is 1. The number of allylic oxidation sites excluding steroid dienone is 2. The fourth-order valence-electron chi connectivity index (χ4n) is 2.59. The van der Waals surface area contributed by atoms with Crippen LogP contribution in [0.15, 0.2) is 51.9 Å². The topological polar surface area (TPSA) is 72.5 Å². The number of sulfone groups is 1. The van der Waals surface area contributed by atoms with E-state index in [1.54, 1.807) is 12.1 Å². The number of Topliss-reactive ketones (excluding diaryl/α,β-unsaturated/α-hetero) is 1. The minimum Gasteiger partial charge on any atom is -0.497 e. The number of ether oxygens (including phenoxy) is 1. The second kappa shape index (κ2) is 6.37. The summed E-state index contributed by atoms with van der Waals surface area (Å²) in [5, 5.41) is 3.20. The van der Waals surface area contributed by atoms with Gasteiger partial charge in [-0.05, 0) is 43.3 Å². The lowest BCUT2D eigenvalue weighted by Gasteiger charge is -2.23. The first-order chi connectivity index (χ1) is 11.8. The molecule has 2 aromatic carbocycles. The van der Waals surface area contributed by atoms with Crippen LogP contribution in [0.5, 0.6) is 5.75 Å². The minimum atomic E-state index is -4.04. The molecule has 0 aromatic heterocycles. The maximum absolute atomic E-state index is 13.0. The van der Waals surface area contributed by atoms with Crippen LogP contribution < -0.4 is 10.1 Å². The van der Waals surface area contributed by atoms with Gasteiger partial charge in [0.25, 0.3) is 0 Å². The van der Waals surface area contributed by atoms with Gasteiger partial charge in [0, 0.05) is 11.3 Å². The van der Waals surface area contributed by atoms with Crippen molar-refractivity contribution in [1.82, 2.24) is 0 Å². The van der Waals surface area contributed by atoms with Gasteiger partial charge in [0.15, 0.2) is 0 Å². The molecule has 0 saturated carbocycles. The molecule has 130 valence electrons. The van der Waals surface area contributed by atoms with E-state index in [1.165, 1.54) is 38.3 Å². The standard InChI is InChI=1S/C17H13Cl2NO4S/c1-9-17(16(21)10-3-5-11(24-2)6-4-10)25(22,23)13-8-7-12(18)14(19)15(13)20-9/h3-8,20H,1-2H3. The van der Waals surface area contributed by atoms with Gasteiger partial charge >= 0.3 is 0 Å². The Kier molecular flexibility index (Phi) is 4.53. The molecule has 0 aliphatic carbocycles. The highest BCUT2D eigenvalue weighted by molar-refractivity contribution is 7.96. The van der Waals surface area contributed by atoms with E-state index < -0.39 is 15.6 Å². The van der Waals surface area contributed by atoms with E-state index in [2.05, 4.69) is 5.32 Å². The number of nitrogens with one attached hydrogen (secondary N) is 1. The lowest BCUT2D eigenvalue weighted by molar-refractivity contribution is 0.104. The van der Waals surface area contributed by atoms with E-state index in [4.69, 9.17) is 27.9 Å². The first-order valence-corrected chi connectivity index (χ1v) is 9.41. The Bertz CT molecular complexity index is 1010. The predicted octanol–water partition coefficient (Wildman–Crippen LogP) is 4.32. The molecule has 2 aromatic rings. The fraction of sp³-hybridized carbons (Fsp3) is 0.118. The Balaban J connectivity index is 2.13. The van der Waals surface area contributed by atoms with E-state index in [1.807, 2.05) is 0 Å². The van der Waals surface area contributed by atoms with Crippen molar-refractivity contribution in [3.8, 4) is 5.75 Å². The molecule has 1 heterocycles. The van der Waals surface area contributed by atoms with E-state index in [0.717, 1.165) is 0 Å². The van der Waals surface area contributed by atoms with Crippen molar-refractivity contribution in [2.24, 2.45) is 0 Å². The molecular weight excluding hydrogens is 385 g/mol. The van der Waals surface area contributed by atoms with Crippen LogP contribution in [0.25, 0.3) is 0 Å². The van der Waals surface area contributed by atoms with Gasteiger partial charge in [-0.1, -0.05) is 23.2 Å². The highest BCUT2D eigenvalue weighted by Gasteiger charge is 2.36. The number of rotatable bonds is 3. The molecule has 5 nitrogen and oxygen atoms in total. The minimum absolute atomic E-state index is 0.0793. The third kappa shape index (κ3) is 2.90. The van der Waals surface area contributed by atoms with Gasteiger partial charge < -0.3 is 10.1 Å². The molecule has 1 aliphatic rings. The predicted molar refractivity (Wildman–Crippen MR) is 97.3 cm³/mol. The van der Waals surface area contributed by atoms with Crippen LogP contribution in [0.1, 0.15) is 17.3 Å². The Morgan fingerprint density at radius 3 is 2.32 bits per heavy atom. The van der Waals surface area contributed by atoms with Gasteiger partial charge in [-0.25, -0.2) is 8.42 Å². The summed E-state index contributed by atoms with van der Waals surface area (Å²) >= 11 is 12.0. The Hall–Kier alpha value is -2.02. The normalized spacial score (nSPS) is 15.4. The lowest BCUT2D eigenvalue weighted by Crippen LogP contribution is -2.24. The fourth-order valence-corrected chi connectivity index (χ4v) is 4.73. The lowest BCUT2D eigenvalue weighted by atomic mass is 10.1. The summed E-state index contributed by atoms with van der Waals surface area (Å²) in [5.41, 5.74) is 0.611. The van der Waals surface area contributed by atoms with Crippen LogP contribution in [-0.2, 0) is 9.84 Å². The van der Waals surface area contributed by atoms with Gasteiger partial charge in [0.05, 0.1) is 27.7 Å². The average Bonchev–Trinajstić information content (AvgIpc) is 2.58. The summed E-state index contributed by atoms with van der Waals surface area (Å²) in [7, 11) is -2.54. The smallest absolute Gasteiger partial charge is 0.214 e. The number of hydrogen-bond acceptors (Lipinski definition) is 5. The number of carbonyl (C=O) groups is 1. The number of benzene rings is 2. The van der Waals surface area contributed by atoms with Crippen molar-refractivity contribution in [1.29, 1.82) is 0 Å². The van der Waals surface area contributed by atoms with Crippen molar-refractivity contribution in [2.75, 3.05) is 12.4 Å². The molecule has 0 atom stereocenters. The quantitative estimate of drug-likeness (QED) is 0.780. The molecule has 0 spiro atoms. The first kappa shape index (κ1) is 17.8. The van der Waals surface area contributed by atoms with Gasteiger partial charge in [-0.3, -0.25) is 4.79 Å². The average molecular weight is 398 g/mol. The van der Waals surface area contributed by atoms with Crippen LogP contribution in [0.2, 0.25) is 10.0 Å². The van der Waals surface area contributed by atoms with Gasteiger partial charge in [0.2, 0.25) is 15.6 Å². The molecular formula is C17H13Cl2NO4S. The van der Waals surface area contributed by atoms with E-state index >= 15 is 0 Å². The SMILES string of the molecule is COc1ccc(C(=O)C2=C(C)Nc3c(ccc(Cl)c3Cl)S2(=O)=O)cc1. The first-order valence-electron chi connectivity index (χ1n) is 7.17. The van der Waals surface area contributed by atoms with E-state index in [0.29, 0.717) is 5.75 Å². The molecule has 8 heteroatoms. The monoisotopic (exact) mass is 397 g/mol. The molecule has 0 unspecified atom stereocenters. The number of anilines is 1. The van der Waals surface area contributed by atoms with E-state index in [9.17, 15) is 13.2 Å². The highest BCUT2D eigenvalue weighted by Crippen LogP contribution is 2.42. The Morgan fingerprint density at radius 1 is 1.08 bits per heavy atom. The Labute approximate surface area is 155 Å². The zero-order valence-corrected chi connectivity index (χ0v) is 15.6. The second-order valence-electron chi connectivity index (χ2n) is 5.37. The molecule has 1 N–H and O–H groups in total. The number of ketones is 1. The van der Waals surface area contributed by atoms with E-state index in [-0.39, 0.29) is 36.8 Å². The summed E-state index contributed by atoms with van der Waals surface area (Å²) < 4.78 is 31.0. The van der Waals surface area contributed by atoms with Crippen LogP contribution >= 0.6 is 23.2 Å². The van der Waals surface area contributed by atoms with Crippen molar-refractivity contribution in [3.05, 3.63) is 62.6 Å². The molecule has 1 aliphatic heterocycles. The summed E-state index contributed by atoms with van der Waals surface area (Å²) in [4.78, 5) is 12.4. The molecule has 3 rings (SSSR count). The number of halogens is 2. The molecule has 0 fully saturated rings. The molecule has 0 radical (unpaired) electrons. The highest BCUT2D eigenvalue weighted by atomic mass is 35.5. The zero-order valence-electron chi connectivity index (χ0n) is 13.3. The summed E-state index contributed by atoms with van der Waals surface area (Å²) in [6, 6.07) is 8.94. The van der Waals surface area contributed by atoms with Crippen LogP contribution in [0, 0.1) is 0 Å². The molecule has 0 amide bonds. The largest absolute Gasteiger partial charge is 0.497 e. The van der Waals surface area contributed by atoms with Crippen molar-refractivity contribution in [3.63, 3.8) is 0 Å². The number of fused-ring (bicyclic) bond motifs is 1. The third-order valence-electron chi connectivity index (χ3n) is 3.83. The maximum Gasteiger partial charge on any atom is 0.214 e. The van der Waals surface area contributed by atoms with Crippen LogP contribution in [-0.4, -0.2) is 21.3 Å². The second-order valence-corrected chi connectivity index (χ2v) is 8.01. The van der Waals surface area contributed by atoms with Crippen molar-refractivity contribution < 1.29 is 17.9 Å². The zero-order chi connectivity index (χ0) is 18.4. The van der Waals surface area contributed by atoms with Gasteiger partial charge in [0.1, 0.15) is 10.7 Å². The van der Waals surface area contributed by atoms with Gasteiger partial charge in [-0.2, -0.15) is 0 Å². The van der Waals surface area contributed by atoms with Crippen molar-refractivity contribution in [2.45, 2.75) is 11.8 Å². The molecule has 25 heavy (non-hydrogen) atoms. The van der Waals surface area contributed by atoms with Gasteiger partial charge in [-0.15, -0.1) is 0 Å². The van der Waals surface area contributed by atoms with Crippen LogP contribution in [0.4, 0.5) is 5.69 Å². The number of carbonyl (C=O) groups excluding carboxylic acids is 1. The number of methoxy groups -OCH3 is 1. The molecule has 0 saturated heterocycles. The summed E-state index contributed by atoms with van der Waals surface area (Å²) in [6.07, 6.45) is 0. The molecule has 0 bridgehead atoms. The Morgan fingerprint density at radius 2 is 1.72 bits per heavy atom. The summed E-state index contributed by atoms with van der Waals surface area (Å²) in [6.45, 7) is 1.51. The van der Waals surface area contributed by atoms with Crippen molar-refractivity contribution >= 4 is 44.5 Å². The summed E-state index contributed by atoms with van der Waals surface area (Å²) in [5.74, 6) is -0.0389. The maximum atomic E-state index is 13.0.